The lowest BCUT2D eigenvalue weighted by Gasteiger charge is -2.24. The predicted octanol–water partition coefficient (Wildman–Crippen LogP) is 2.67. The summed E-state index contributed by atoms with van der Waals surface area (Å²) in [5, 5.41) is -0.264. The van der Waals surface area contributed by atoms with Crippen LogP contribution in [0.1, 0.15) is 38.2 Å². The Labute approximate surface area is 210 Å². The summed E-state index contributed by atoms with van der Waals surface area (Å²) in [5.41, 5.74) is 2.64. The van der Waals surface area contributed by atoms with Gasteiger partial charge in [-0.3, -0.25) is 4.40 Å². The first-order valence-corrected chi connectivity index (χ1v) is 15.1. The van der Waals surface area contributed by atoms with E-state index < -0.39 is 20.0 Å². The summed E-state index contributed by atoms with van der Waals surface area (Å²) in [6, 6.07) is 8.36. The Morgan fingerprint density at radius 3 is 2.44 bits per heavy atom. The molecule has 2 atom stereocenters. The molecule has 10 nitrogen and oxygen atoms in total. The fraction of sp³-hybridized carbons (Fsp3) is 0.417. The maximum absolute atomic E-state index is 13.4. The molecule has 4 heterocycles. The fourth-order valence-corrected chi connectivity index (χ4v) is 7.96. The summed E-state index contributed by atoms with van der Waals surface area (Å²) in [5.74, 6) is 0.655. The van der Waals surface area contributed by atoms with Gasteiger partial charge in [0.05, 0.1) is 33.6 Å². The Balaban J connectivity index is 1.40. The molecule has 0 bridgehead atoms. The van der Waals surface area contributed by atoms with Crippen molar-refractivity contribution in [2.24, 2.45) is 0 Å². The first-order chi connectivity index (χ1) is 17.2. The summed E-state index contributed by atoms with van der Waals surface area (Å²) in [6.45, 7) is 4.48. The number of aromatic nitrogens is 4. The van der Waals surface area contributed by atoms with Crippen LogP contribution in [0.15, 0.2) is 53.8 Å². The highest BCUT2D eigenvalue weighted by atomic mass is 32.2. The number of rotatable bonds is 7. The van der Waals surface area contributed by atoms with Gasteiger partial charge >= 0.3 is 0 Å². The van der Waals surface area contributed by atoms with Crippen molar-refractivity contribution in [1.82, 2.24) is 23.1 Å². The Morgan fingerprint density at radius 2 is 1.75 bits per heavy atom. The van der Waals surface area contributed by atoms with E-state index in [2.05, 4.69) is 26.5 Å². The molecule has 2 fully saturated rings. The van der Waals surface area contributed by atoms with Crippen LogP contribution in [0.5, 0.6) is 0 Å². The summed E-state index contributed by atoms with van der Waals surface area (Å²) in [6.07, 6.45) is 7.81. The molecule has 3 aromatic heterocycles. The molecule has 0 spiro atoms. The molecule has 190 valence electrons. The average Bonchev–Trinajstić information content (AvgIpc) is 3.31. The fourth-order valence-electron chi connectivity index (χ4n) is 5.08. The first kappa shape index (κ1) is 23.4. The second kappa shape index (κ2) is 8.29. The Morgan fingerprint density at radius 1 is 1.03 bits per heavy atom. The van der Waals surface area contributed by atoms with Crippen LogP contribution in [0.2, 0.25) is 0 Å². The molecule has 2 aliphatic rings. The van der Waals surface area contributed by atoms with Gasteiger partial charge in [-0.2, -0.15) is 0 Å². The Kier molecular flexibility index (Phi) is 5.39. The van der Waals surface area contributed by atoms with Crippen LogP contribution >= 0.6 is 0 Å². The van der Waals surface area contributed by atoms with Crippen molar-refractivity contribution in [3.8, 4) is 0 Å². The summed E-state index contributed by atoms with van der Waals surface area (Å²) in [4.78, 5) is 11.4. The number of anilines is 1. The minimum atomic E-state index is -3.84. The quantitative estimate of drug-likeness (QED) is 0.392. The number of nitrogens with zero attached hydrogens (tertiary/aromatic N) is 5. The number of aryl methyl sites for hydroxylation is 1. The largest absolute Gasteiger partial charge is 0.337 e. The van der Waals surface area contributed by atoms with Crippen LogP contribution in [0.3, 0.4) is 0 Å². The van der Waals surface area contributed by atoms with Gasteiger partial charge in [0.15, 0.2) is 5.65 Å². The zero-order valence-corrected chi connectivity index (χ0v) is 21.7. The van der Waals surface area contributed by atoms with E-state index in [0.29, 0.717) is 30.1 Å². The molecule has 1 saturated heterocycles. The van der Waals surface area contributed by atoms with E-state index in [1.807, 2.05) is 11.3 Å². The SMILES string of the molecule is CC[C@@H]1C[C@H](NS(=O)(=O)C2CC2)CN1c1ncc2cnc3c(ccn3S(=O)(=O)c3ccc(C)cc3)n12. The van der Waals surface area contributed by atoms with Gasteiger partial charge in [0.2, 0.25) is 16.0 Å². The van der Waals surface area contributed by atoms with Crippen molar-refractivity contribution in [2.45, 2.75) is 61.8 Å². The van der Waals surface area contributed by atoms with Crippen LogP contribution in [-0.2, 0) is 20.0 Å². The number of fused-ring (bicyclic) bond motifs is 3. The number of hydrogen-bond acceptors (Lipinski definition) is 7. The summed E-state index contributed by atoms with van der Waals surface area (Å²) < 4.78 is 57.9. The van der Waals surface area contributed by atoms with Crippen molar-refractivity contribution in [2.75, 3.05) is 11.4 Å². The van der Waals surface area contributed by atoms with E-state index in [4.69, 9.17) is 0 Å². The molecule has 4 aromatic rings. The minimum absolute atomic E-state index is 0.101. The van der Waals surface area contributed by atoms with Crippen LogP contribution in [0.25, 0.3) is 16.7 Å². The highest BCUT2D eigenvalue weighted by Gasteiger charge is 2.41. The summed E-state index contributed by atoms with van der Waals surface area (Å²) in [7, 11) is -7.14. The van der Waals surface area contributed by atoms with Gasteiger partial charge < -0.3 is 4.90 Å². The van der Waals surface area contributed by atoms with Gasteiger partial charge in [0.25, 0.3) is 10.0 Å². The van der Waals surface area contributed by atoms with Crippen molar-refractivity contribution in [1.29, 1.82) is 0 Å². The van der Waals surface area contributed by atoms with Crippen molar-refractivity contribution in [3.05, 3.63) is 54.5 Å². The van der Waals surface area contributed by atoms with Crippen molar-refractivity contribution >= 4 is 42.7 Å². The lowest BCUT2D eigenvalue weighted by molar-refractivity contribution is 0.550. The van der Waals surface area contributed by atoms with Gasteiger partial charge in [-0.15, -0.1) is 0 Å². The van der Waals surface area contributed by atoms with Gasteiger partial charge in [-0.1, -0.05) is 24.6 Å². The third-order valence-electron chi connectivity index (χ3n) is 7.15. The van der Waals surface area contributed by atoms with Crippen LogP contribution in [0, 0.1) is 6.92 Å². The van der Waals surface area contributed by atoms with Gasteiger partial charge in [-0.05, 0) is 50.8 Å². The van der Waals surface area contributed by atoms with Crippen LogP contribution in [-0.4, -0.2) is 59.1 Å². The normalized spacial score (nSPS) is 21.1. The number of sulfonamides is 1. The molecule has 1 saturated carbocycles. The highest BCUT2D eigenvalue weighted by molar-refractivity contribution is 7.90. The highest BCUT2D eigenvalue weighted by Crippen LogP contribution is 2.33. The third-order valence-corrected chi connectivity index (χ3v) is 10.8. The number of benzene rings is 1. The third kappa shape index (κ3) is 3.78. The topological polar surface area (TPSA) is 119 Å². The lowest BCUT2D eigenvalue weighted by atomic mass is 10.1. The second-order valence-electron chi connectivity index (χ2n) is 9.72. The van der Waals surface area contributed by atoms with Crippen LogP contribution in [0.4, 0.5) is 5.95 Å². The van der Waals surface area contributed by atoms with E-state index in [1.165, 1.54) is 10.2 Å². The maximum atomic E-state index is 13.4. The lowest BCUT2D eigenvalue weighted by Crippen LogP contribution is -2.39. The number of nitrogens with one attached hydrogen (secondary N) is 1. The molecule has 1 aliphatic carbocycles. The predicted molar refractivity (Wildman–Crippen MR) is 137 cm³/mol. The monoisotopic (exact) mass is 528 g/mol. The molecule has 0 unspecified atom stereocenters. The number of imidazole rings is 1. The molecule has 36 heavy (non-hydrogen) atoms. The first-order valence-electron chi connectivity index (χ1n) is 12.1. The molecular weight excluding hydrogens is 500 g/mol. The van der Waals surface area contributed by atoms with Gasteiger partial charge in [-0.25, -0.2) is 35.5 Å². The summed E-state index contributed by atoms with van der Waals surface area (Å²) >= 11 is 0. The van der Waals surface area contributed by atoms with E-state index >= 15 is 0 Å². The molecule has 6 rings (SSSR count). The van der Waals surface area contributed by atoms with E-state index in [1.54, 1.807) is 42.7 Å². The zero-order chi connectivity index (χ0) is 25.2. The maximum Gasteiger partial charge on any atom is 0.269 e. The molecule has 0 amide bonds. The number of hydrogen-bond donors (Lipinski definition) is 1. The standard InChI is InChI=1S/C24H28N6O4S2/c1-3-18-12-17(27-35(31,32)20-8-9-20)15-28(18)24-26-14-19-13-25-23-22(30(19)24)10-11-29(23)36(33,34)21-6-4-16(2)5-7-21/h4-7,10-11,13-14,17-18,20,27H,3,8-9,12,15H2,1-2H3/t17-,18+/m0/s1. The smallest absolute Gasteiger partial charge is 0.269 e. The van der Waals surface area contributed by atoms with Crippen LogP contribution < -0.4 is 9.62 Å². The molecule has 1 N–H and O–H groups in total. The molecule has 1 aliphatic heterocycles. The molecule has 1 aromatic carbocycles. The molecule has 12 heteroatoms. The zero-order valence-electron chi connectivity index (χ0n) is 20.1. The Hall–Kier alpha value is -2.96. The van der Waals surface area contributed by atoms with Gasteiger partial charge in [0, 0.05) is 24.8 Å². The van der Waals surface area contributed by atoms with E-state index in [-0.39, 0.29) is 22.2 Å². The molecule has 0 radical (unpaired) electrons. The van der Waals surface area contributed by atoms with Crippen molar-refractivity contribution in [3.63, 3.8) is 0 Å². The second-order valence-corrected chi connectivity index (χ2v) is 13.5. The molecular formula is C24H28N6O4S2. The average molecular weight is 529 g/mol. The van der Waals surface area contributed by atoms with Crippen molar-refractivity contribution < 1.29 is 16.8 Å². The van der Waals surface area contributed by atoms with E-state index in [9.17, 15) is 16.8 Å². The Bertz CT molecular complexity index is 1670. The minimum Gasteiger partial charge on any atom is -0.337 e. The van der Waals surface area contributed by atoms with E-state index in [0.717, 1.165) is 30.3 Å². The van der Waals surface area contributed by atoms with Gasteiger partial charge in [0.1, 0.15) is 0 Å².